The second-order valence-corrected chi connectivity index (χ2v) is 6.60. The molecule has 0 radical (unpaired) electrons. The maximum absolute atomic E-state index is 11.9. The number of rotatable bonds is 11. The number of hydrogen-bond donors (Lipinski definition) is 3. The van der Waals surface area contributed by atoms with Crippen LogP contribution in [-0.4, -0.2) is 54.8 Å². The summed E-state index contributed by atoms with van der Waals surface area (Å²) in [5.41, 5.74) is 6.21. The minimum absolute atomic E-state index is 0.0152. The topological polar surface area (TPSA) is 128 Å². The van der Waals surface area contributed by atoms with Gasteiger partial charge < -0.3 is 25.8 Å². The molecule has 4 N–H and O–H groups in total. The van der Waals surface area contributed by atoms with Crippen molar-refractivity contribution in [2.75, 3.05) is 32.2 Å². The number of nitrogens with one attached hydrogen (secondary N) is 2. The van der Waals surface area contributed by atoms with E-state index in [0.29, 0.717) is 30.4 Å². The van der Waals surface area contributed by atoms with Crippen LogP contribution in [0.3, 0.4) is 0 Å². The summed E-state index contributed by atoms with van der Waals surface area (Å²) in [6.45, 7) is 4.63. The van der Waals surface area contributed by atoms with Gasteiger partial charge in [0.2, 0.25) is 11.8 Å². The molecule has 1 heterocycles. The maximum atomic E-state index is 11.9. The lowest BCUT2D eigenvalue weighted by molar-refractivity contribution is -0.126. The SMILES string of the molecule is COCCOCC(=O)NCc1nc(N[C@H](C(N)=O)C(C)C)c2ccccc2n1. The number of ether oxygens (including phenoxy) is 2. The van der Waals surface area contributed by atoms with Crippen molar-refractivity contribution in [3.05, 3.63) is 30.1 Å². The maximum Gasteiger partial charge on any atom is 0.246 e. The van der Waals surface area contributed by atoms with Gasteiger partial charge in [0.25, 0.3) is 0 Å². The van der Waals surface area contributed by atoms with Crippen LogP contribution in [0.15, 0.2) is 24.3 Å². The smallest absolute Gasteiger partial charge is 0.246 e. The van der Waals surface area contributed by atoms with Gasteiger partial charge in [0, 0.05) is 12.5 Å². The minimum atomic E-state index is -0.574. The third kappa shape index (κ3) is 6.14. The van der Waals surface area contributed by atoms with E-state index in [-0.39, 0.29) is 25.0 Å². The Bertz CT molecular complexity index is 812. The van der Waals surface area contributed by atoms with Gasteiger partial charge in [-0.2, -0.15) is 0 Å². The molecule has 1 aromatic carbocycles. The van der Waals surface area contributed by atoms with Gasteiger partial charge in [0.15, 0.2) is 5.82 Å². The molecule has 0 bridgehead atoms. The van der Waals surface area contributed by atoms with Crippen LogP contribution in [0.4, 0.5) is 5.82 Å². The number of anilines is 1. The van der Waals surface area contributed by atoms with Gasteiger partial charge in [-0.05, 0) is 18.1 Å². The van der Waals surface area contributed by atoms with Crippen molar-refractivity contribution in [2.24, 2.45) is 11.7 Å². The van der Waals surface area contributed by atoms with Crippen molar-refractivity contribution >= 4 is 28.5 Å². The first kappa shape index (κ1) is 21.5. The molecule has 9 heteroatoms. The van der Waals surface area contributed by atoms with Crippen LogP contribution in [0, 0.1) is 5.92 Å². The summed E-state index contributed by atoms with van der Waals surface area (Å²) < 4.78 is 10.0. The summed E-state index contributed by atoms with van der Waals surface area (Å²) in [4.78, 5) is 32.6. The predicted molar refractivity (Wildman–Crippen MR) is 106 cm³/mol. The Balaban J connectivity index is 2.14. The molecule has 0 aliphatic carbocycles. The Hall–Kier alpha value is -2.78. The van der Waals surface area contributed by atoms with Crippen molar-refractivity contribution in [1.82, 2.24) is 15.3 Å². The number of fused-ring (bicyclic) bond motifs is 1. The van der Waals surface area contributed by atoms with Gasteiger partial charge in [-0.15, -0.1) is 0 Å². The van der Waals surface area contributed by atoms with Gasteiger partial charge in [0.05, 0.1) is 25.3 Å². The van der Waals surface area contributed by atoms with Crippen LogP contribution in [-0.2, 0) is 25.6 Å². The number of hydrogen-bond acceptors (Lipinski definition) is 7. The zero-order valence-corrected chi connectivity index (χ0v) is 16.4. The van der Waals surface area contributed by atoms with E-state index in [9.17, 15) is 9.59 Å². The van der Waals surface area contributed by atoms with Crippen molar-refractivity contribution in [2.45, 2.75) is 26.4 Å². The van der Waals surface area contributed by atoms with Crippen LogP contribution in [0.5, 0.6) is 0 Å². The van der Waals surface area contributed by atoms with E-state index in [1.165, 1.54) is 0 Å². The molecule has 0 saturated heterocycles. The lowest BCUT2D eigenvalue weighted by Gasteiger charge is -2.21. The monoisotopic (exact) mass is 389 g/mol. The number of benzene rings is 1. The third-order valence-corrected chi connectivity index (χ3v) is 4.02. The number of methoxy groups -OCH3 is 1. The fourth-order valence-corrected chi connectivity index (χ4v) is 2.56. The van der Waals surface area contributed by atoms with E-state index in [4.69, 9.17) is 15.2 Å². The molecule has 152 valence electrons. The Labute approximate surface area is 164 Å². The van der Waals surface area contributed by atoms with Gasteiger partial charge in [-0.3, -0.25) is 9.59 Å². The predicted octanol–water partition coefficient (Wildman–Crippen LogP) is 0.831. The Morgan fingerprint density at radius 2 is 1.93 bits per heavy atom. The van der Waals surface area contributed by atoms with E-state index < -0.39 is 11.9 Å². The lowest BCUT2D eigenvalue weighted by Crippen LogP contribution is -2.40. The van der Waals surface area contributed by atoms with Gasteiger partial charge in [0.1, 0.15) is 18.5 Å². The largest absolute Gasteiger partial charge is 0.382 e. The summed E-state index contributed by atoms with van der Waals surface area (Å²) in [5, 5.41) is 6.61. The molecule has 0 saturated carbocycles. The number of carbonyl (C=O) groups excluding carboxylic acids is 2. The Morgan fingerprint density at radius 1 is 1.18 bits per heavy atom. The standard InChI is InChI=1S/C19H27N5O4/c1-12(2)17(18(20)26)24-19-13-6-4-5-7-14(13)22-15(23-19)10-21-16(25)11-28-9-8-27-3/h4-7,12,17H,8-11H2,1-3H3,(H2,20,26)(H,21,25)(H,22,23,24)/t17-/m0/s1. The first-order valence-electron chi connectivity index (χ1n) is 9.07. The highest BCUT2D eigenvalue weighted by Gasteiger charge is 2.21. The zero-order chi connectivity index (χ0) is 20.5. The highest BCUT2D eigenvalue weighted by Crippen LogP contribution is 2.22. The number of nitrogens with zero attached hydrogens (tertiary/aromatic N) is 2. The van der Waals surface area contributed by atoms with Crippen LogP contribution in [0.25, 0.3) is 10.9 Å². The summed E-state index contributed by atoms with van der Waals surface area (Å²) in [6, 6.07) is 6.86. The molecule has 0 spiro atoms. The fourth-order valence-electron chi connectivity index (χ4n) is 2.56. The molecule has 2 aromatic rings. The second kappa shape index (κ2) is 10.5. The van der Waals surface area contributed by atoms with Crippen LogP contribution in [0.1, 0.15) is 19.7 Å². The number of amides is 2. The van der Waals surface area contributed by atoms with E-state index in [1.807, 2.05) is 38.1 Å². The summed E-state index contributed by atoms with van der Waals surface area (Å²) in [6.07, 6.45) is 0. The molecular formula is C19H27N5O4. The average Bonchev–Trinajstić information content (AvgIpc) is 2.67. The number of carbonyl (C=O) groups is 2. The molecule has 2 rings (SSSR count). The van der Waals surface area contributed by atoms with Crippen molar-refractivity contribution in [1.29, 1.82) is 0 Å². The average molecular weight is 389 g/mol. The number of para-hydroxylation sites is 1. The van der Waals surface area contributed by atoms with Gasteiger partial charge in [-0.1, -0.05) is 26.0 Å². The summed E-state index contributed by atoms with van der Waals surface area (Å²) in [7, 11) is 1.56. The number of aromatic nitrogens is 2. The first-order valence-corrected chi connectivity index (χ1v) is 9.07. The zero-order valence-electron chi connectivity index (χ0n) is 16.4. The molecule has 9 nitrogen and oxygen atoms in total. The molecule has 28 heavy (non-hydrogen) atoms. The van der Waals surface area contributed by atoms with Crippen molar-refractivity contribution in [3.8, 4) is 0 Å². The second-order valence-electron chi connectivity index (χ2n) is 6.60. The Kier molecular flexibility index (Phi) is 8.09. The molecule has 0 fully saturated rings. The van der Waals surface area contributed by atoms with E-state index in [0.717, 1.165) is 5.39 Å². The van der Waals surface area contributed by atoms with Gasteiger partial charge in [-0.25, -0.2) is 9.97 Å². The van der Waals surface area contributed by atoms with Crippen molar-refractivity contribution in [3.63, 3.8) is 0 Å². The van der Waals surface area contributed by atoms with E-state index in [2.05, 4.69) is 20.6 Å². The summed E-state index contributed by atoms with van der Waals surface area (Å²) >= 11 is 0. The van der Waals surface area contributed by atoms with Crippen LogP contribution in [0.2, 0.25) is 0 Å². The molecule has 0 unspecified atom stereocenters. The molecule has 0 aliphatic heterocycles. The fraction of sp³-hybridized carbons (Fsp3) is 0.474. The number of primary amides is 1. The summed E-state index contributed by atoms with van der Waals surface area (Å²) in [5.74, 6) is 0.168. The third-order valence-electron chi connectivity index (χ3n) is 4.02. The van der Waals surface area contributed by atoms with Crippen molar-refractivity contribution < 1.29 is 19.1 Å². The highest BCUT2D eigenvalue weighted by atomic mass is 16.5. The highest BCUT2D eigenvalue weighted by molar-refractivity contribution is 5.92. The van der Waals surface area contributed by atoms with E-state index >= 15 is 0 Å². The Morgan fingerprint density at radius 3 is 2.61 bits per heavy atom. The van der Waals surface area contributed by atoms with Crippen LogP contribution >= 0.6 is 0 Å². The number of nitrogens with two attached hydrogens (primary N) is 1. The van der Waals surface area contributed by atoms with E-state index in [1.54, 1.807) is 7.11 Å². The normalized spacial score (nSPS) is 12.1. The molecule has 1 aromatic heterocycles. The molecular weight excluding hydrogens is 362 g/mol. The molecule has 0 aliphatic rings. The van der Waals surface area contributed by atoms with Crippen LogP contribution < -0.4 is 16.4 Å². The molecule has 2 amide bonds. The van der Waals surface area contributed by atoms with Gasteiger partial charge >= 0.3 is 0 Å². The lowest BCUT2D eigenvalue weighted by atomic mass is 10.0. The first-order chi connectivity index (χ1) is 13.4. The molecule has 1 atom stereocenters. The quantitative estimate of drug-likeness (QED) is 0.486. The minimum Gasteiger partial charge on any atom is -0.382 e.